The number of hydrogen-bond acceptors (Lipinski definition) is 5. The highest BCUT2D eigenvalue weighted by molar-refractivity contribution is 6.01. The maximum atomic E-state index is 12.1. The fourth-order valence-corrected chi connectivity index (χ4v) is 2.83. The molecule has 8 nitrogen and oxygen atoms in total. The van der Waals surface area contributed by atoms with Crippen LogP contribution in [0.15, 0.2) is 14.6 Å². The highest BCUT2D eigenvalue weighted by Crippen LogP contribution is 2.17. The van der Waals surface area contributed by atoms with Gasteiger partial charge < -0.3 is 10.1 Å². The van der Waals surface area contributed by atoms with Crippen LogP contribution in [0.2, 0.25) is 0 Å². The van der Waals surface area contributed by atoms with Gasteiger partial charge in [0.1, 0.15) is 11.7 Å². The summed E-state index contributed by atoms with van der Waals surface area (Å²) < 4.78 is 7.91. The minimum absolute atomic E-state index is 0.246. The molecular formula is C14H21N5O3. The fourth-order valence-electron chi connectivity index (χ4n) is 2.83. The van der Waals surface area contributed by atoms with Crippen molar-refractivity contribution in [3.05, 3.63) is 26.4 Å². The molecule has 1 fully saturated rings. The number of amidine groups is 1. The van der Waals surface area contributed by atoms with Crippen LogP contribution in [0.1, 0.15) is 5.56 Å². The van der Waals surface area contributed by atoms with Gasteiger partial charge in [0.2, 0.25) is 0 Å². The quantitative estimate of drug-likeness (QED) is 0.757. The summed E-state index contributed by atoms with van der Waals surface area (Å²) in [6.07, 6.45) is 0.458. The van der Waals surface area contributed by atoms with Gasteiger partial charge in [-0.05, 0) is 0 Å². The Morgan fingerprint density at radius 3 is 2.64 bits per heavy atom. The number of nitrogens with zero attached hydrogens (tertiary/aromatic N) is 4. The minimum atomic E-state index is -0.328. The van der Waals surface area contributed by atoms with Crippen molar-refractivity contribution in [3.8, 4) is 0 Å². The molecule has 0 aliphatic carbocycles. The maximum absolute atomic E-state index is 12.1. The van der Waals surface area contributed by atoms with Crippen LogP contribution >= 0.6 is 0 Å². The lowest BCUT2D eigenvalue weighted by atomic mass is 10.2. The van der Waals surface area contributed by atoms with Crippen molar-refractivity contribution >= 4 is 11.7 Å². The van der Waals surface area contributed by atoms with E-state index in [2.05, 4.69) is 15.2 Å². The number of anilines is 1. The predicted octanol–water partition coefficient (Wildman–Crippen LogP) is -1.22. The van der Waals surface area contributed by atoms with E-state index >= 15 is 0 Å². The third kappa shape index (κ3) is 2.71. The van der Waals surface area contributed by atoms with Crippen molar-refractivity contribution in [3.63, 3.8) is 0 Å². The molecule has 0 saturated carbocycles. The van der Waals surface area contributed by atoms with E-state index in [0.717, 1.165) is 43.3 Å². The molecule has 1 saturated heterocycles. The monoisotopic (exact) mass is 307 g/mol. The SMILES string of the molecule is Cn1c2c(c(=O)n(C)c1=O)CC(=NCCN1CCOCC1)N2. The Kier molecular flexibility index (Phi) is 4.12. The van der Waals surface area contributed by atoms with Gasteiger partial charge in [0.05, 0.1) is 25.3 Å². The van der Waals surface area contributed by atoms with Crippen molar-refractivity contribution in [2.24, 2.45) is 19.1 Å². The van der Waals surface area contributed by atoms with Crippen molar-refractivity contribution in [1.82, 2.24) is 14.0 Å². The van der Waals surface area contributed by atoms with Crippen LogP contribution in [0.5, 0.6) is 0 Å². The number of hydrogen-bond donors (Lipinski definition) is 1. The van der Waals surface area contributed by atoms with E-state index in [4.69, 9.17) is 4.74 Å². The molecule has 0 amide bonds. The number of nitrogens with one attached hydrogen (secondary N) is 1. The first-order valence-electron chi connectivity index (χ1n) is 7.47. The second-order valence-corrected chi connectivity index (χ2v) is 5.62. The summed E-state index contributed by atoms with van der Waals surface area (Å²) in [6.45, 7) is 4.98. The number of ether oxygens (including phenoxy) is 1. The van der Waals surface area contributed by atoms with Crippen molar-refractivity contribution < 1.29 is 4.74 Å². The van der Waals surface area contributed by atoms with E-state index in [9.17, 15) is 9.59 Å². The Balaban J connectivity index is 1.70. The highest BCUT2D eigenvalue weighted by atomic mass is 16.5. The molecule has 3 heterocycles. The minimum Gasteiger partial charge on any atom is -0.379 e. The average Bonchev–Trinajstić information content (AvgIpc) is 2.96. The third-order valence-corrected chi connectivity index (χ3v) is 4.19. The molecule has 0 aromatic carbocycles. The fraction of sp³-hybridized carbons (Fsp3) is 0.643. The Morgan fingerprint density at radius 2 is 1.91 bits per heavy atom. The zero-order valence-electron chi connectivity index (χ0n) is 13.0. The van der Waals surface area contributed by atoms with Gasteiger partial charge in [0.15, 0.2) is 0 Å². The standard InChI is InChI=1S/C14H21N5O3/c1-17-12-10(13(20)18(2)14(17)21)9-11(16-12)15-3-4-19-5-7-22-8-6-19/h3-9H2,1-2H3,(H,15,16). The van der Waals surface area contributed by atoms with Crippen LogP contribution in [0, 0.1) is 0 Å². The molecule has 2 aliphatic rings. The second-order valence-electron chi connectivity index (χ2n) is 5.62. The molecule has 8 heteroatoms. The summed E-state index contributed by atoms with van der Waals surface area (Å²) in [4.78, 5) is 30.9. The molecule has 1 aromatic heterocycles. The first-order valence-corrected chi connectivity index (χ1v) is 7.47. The lowest BCUT2D eigenvalue weighted by Crippen LogP contribution is -2.38. The van der Waals surface area contributed by atoms with Gasteiger partial charge in [-0.25, -0.2) is 4.79 Å². The summed E-state index contributed by atoms with van der Waals surface area (Å²) in [5, 5.41) is 3.11. The molecule has 120 valence electrons. The van der Waals surface area contributed by atoms with E-state index in [-0.39, 0.29) is 11.2 Å². The van der Waals surface area contributed by atoms with Gasteiger partial charge in [-0.3, -0.25) is 23.8 Å². The number of rotatable bonds is 3. The lowest BCUT2D eigenvalue weighted by Gasteiger charge is -2.25. The molecule has 1 aromatic rings. The van der Waals surface area contributed by atoms with Crippen LogP contribution in [0.25, 0.3) is 0 Å². The van der Waals surface area contributed by atoms with E-state index in [1.54, 1.807) is 7.05 Å². The van der Waals surface area contributed by atoms with E-state index < -0.39 is 0 Å². The van der Waals surface area contributed by atoms with Gasteiger partial charge in [-0.2, -0.15) is 0 Å². The zero-order chi connectivity index (χ0) is 15.7. The first kappa shape index (κ1) is 15.0. The summed E-state index contributed by atoms with van der Waals surface area (Å²) in [7, 11) is 3.16. The molecule has 0 radical (unpaired) electrons. The van der Waals surface area contributed by atoms with Crippen molar-refractivity contribution in [2.75, 3.05) is 44.7 Å². The number of morpholine rings is 1. The molecule has 0 atom stereocenters. The number of fused-ring (bicyclic) bond motifs is 1. The van der Waals surface area contributed by atoms with Gasteiger partial charge in [-0.1, -0.05) is 0 Å². The molecular weight excluding hydrogens is 286 g/mol. The van der Waals surface area contributed by atoms with Crippen molar-refractivity contribution in [1.29, 1.82) is 0 Å². The molecule has 1 N–H and O–H groups in total. The molecule has 3 rings (SSSR count). The van der Waals surface area contributed by atoms with Gasteiger partial charge in [0.25, 0.3) is 5.56 Å². The zero-order valence-corrected chi connectivity index (χ0v) is 13.0. The van der Waals surface area contributed by atoms with Crippen LogP contribution < -0.4 is 16.6 Å². The number of aliphatic imine (C=N–C) groups is 1. The highest BCUT2D eigenvalue weighted by Gasteiger charge is 2.24. The maximum Gasteiger partial charge on any atom is 0.332 e. The Hall–Kier alpha value is -1.93. The molecule has 0 spiro atoms. The average molecular weight is 307 g/mol. The normalized spacial score (nSPS) is 20.2. The van der Waals surface area contributed by atoms with Crippen LogP contribution in [0.3, 0.4) is 0 Å². The molecule has 0 bridgehead atoms. The van der Waals surface area contributed by atoms with Gasteiger partial charge >= 0.3 is 5.69 Å². The predicted molar refractivity (Wildman–Crippen MR) is 83.8 cm³/mol. The largest absolute Gasteiger partial charge is 0.379 e. The molecule has 2 aliphatic heterocycles. The summed E-state index contributed by atoms with van der Waals surface area (Å²) in [5.74, 6) is 1.32. The summed E-state index contributed by atoms with van der Waals surface area (Å²) in [6, 6.07) is 0. The van der Waals surface area contributed by atoms with Gasteiger partial charge in [-0.15, -0.1) is 0 Å². The number of aromatic nitrogens is 2. The first-order chi connectivity index (χ1) is 10.6. The van der Waals surface area contributed by atoms with E-state index in [1.807, 2.05) is 0 Å². The van der Waals surface area contributed by atoms with Gasteiger partial charge in [0, 0.05) is 40.2 Å². The summed E-state index contributed by atoms with van der Waals surface area (Å²) >= 11 is 0. The van der Waals surface area contributed by atoms with E-state index in [1.165, 1.54) is 11.6 Å². The second kappa shape index (κ2) is 6.05. The van der Waals surface area contributed by atoms with Crippen LogP contribution in [0.4, 0.5) is 5.82 Å². The van der Waals surface area contributed by atoms with Crippen LogP contribution in [-0.2, 0) is 25.3 Å². The Morgan fingerprint density at radius 1 is 1.18 bits per heavy atom. The molecule has 22 heavy (non-hydrogen) atoms. The smallest absolute Gasteiger partial charge is 0.332 e. The lowest BCUT2D eigenvalue weighted by molar-refractivity contribution is 0.0394. The van der Waals surface area contributed by atoms with Crippen molar-refractivity contribution in [2.45, 2.75) is 6.42 Å². The van der Waals surface area contributed by atoms with Crippen LogP contribution in [-0.4, -0.2) is 59.3 Å². The molecule has 0 unspecified atom stereocenters. The Labute approximate surface area is 128 Å². The topological polar surface area (TPSA) is 80.9 Å². The van der Waals surface area contributed by atoms with E-state index in [0.29, 0.717) is 24.3 Å². The summed E-state index contributed by atoms with van der Waals surface area (Å²) in [5.41, 5.74) is 0.0320. The third-order valence-electron chi connectivity index (χ3n) is 4.19. The Bertz CT molecular complexity index is 712.